The number of nitrogens with one attached hydrogen (secondary N) is 3. The van der Waals surface area contributed by atoms with Crippen LogP contribution in [0.4, 0.5) is 0 Å². The highest BCUT2D eigenvalue weighted by molar-refractivity contribution is 5.97. The van der Waals surface area contributed by atoms with Crippen molar-refractivity contribution < 1.29 is 0 Å². The molecule has 0 saturated carbocycles. The second-order valence-corrected chi connectivity index (χ2v) is 10.8. The third kappa shape index (κ3) is 36.3. The Kier molecular flexibility index (Phi) is 34.5. The molecule has 13 nitrogen and oxygen atoms in total. The van der Waals surface area contributed by atoms with E-state index in [2.05, 4.69) is 49.8 Å². The van der Waals surface area contributed by atoms with Gasteiger partial charge in [0.15, 0.2) is 24.3 Å². The van der Waals surface area contributed by atoms with E-state index in [-0.39, 0.29) is 34.9 Å². The van der Waals surface area contributed by atoms with Crippen LogP contribution in [0.25, 0.3) is 0 Å². The zero-order chi connectivity index (χ0) is 34.9. The molecule has 0 amide bonds. The van der Waals surface area contributed by atoms with Crippen molar-refractivity contribution in [1.82, 2.24) is 16.0 Å². The van der Waals surface area contributed by atoms with Crippen LogP contribution in [-0.2, 0) is 0 Å². The first-order chi connectivity index (χ1) is 20.8. The van der Waals surface area contributed by atoms with Crippen molar-refractivity contribution >= 4 is 23.8 Å². The third-order valence-corrected chi connectivity index (χ3v) is 5.43. The highest BCUT2D eigenvalue weighted by atomic mass is 15.2. The lowest BCUT2D eigenvalue weighted by molar-refractivity contribution is 0.445. The summed E-state index contributed by atoms with van der Waals surface area (Å²) in [6.07, 6.45) is 14.5. The highest BCUT2D eigenvalue weighted by Gasteiger charge is 2.17. The first-order valence-electron chi connectivity index (χ1n) is 16.2. The molecule has 0 spiro atoms. The fourth-order valence-corrected chi connectivity index (χ4v) is 3.59. The van der Waals surface area contributed by atoms with Crippen LogP contribution in [0.15, 0.2) is 20.0 Å². The quantitative estimate of drug-likeness (QED) is 0.0407. The van der Waals surface area contributed by atoms with Crippen LogP contribution in [0.2, 0.25) is 0 Å². The molecule has 0 bridgehead atoms. The molecule has 0 aliphatic carbocycles. The number of nitrogens with two attached hydrogens (primary N) is 4. The minimum absolute atomic E-state index is 0.145. The van der Waals surface area contributed by atoms with Crippen LogP contribution >= 0.6 is 0 Å². The van der Waals surface area contributed by atoms with Crippen molar-refractivity contribution in [2.45, 2.75) is 151 Å². The van der Waals surface area contributed by atoms with Crippen molar-refractivity contribution in [3.63, 3.8) is 0 Å². The van der Waals surface area contributed by atoms with Crippen molar-refractivity contribution in [2.75, 3.05) is 13.1 Å². The van der Waals surface area contributed by atoms with E-state index < -0.39 is 0 Å². The van der Waals surface area contributed by atoms with Gasteiger partial charge in [0.05, 0.1) is 11.1 Å². The van der Waals surface area contributed by atoms with Crippen LogP contribution < -0.4 is 38.9 Å². The summed E-state index contributed by atoms with van der Waals surface area (Å²) < 4.78 is 0. The molecule has 0 fully saturated rings. The molecule has 0 aliphatic heterocycles. The Balaban J connectivity index is -0.00000105. The number of unbranched alkanes of at least 4 members (excludes halogenated alkanes) is 6. The maximum atomic E-state index is 8.58. The second-order valence-electron chi connectivity index (χ2n) is 10.8. The molecule has 0 aromatic carbocycles. The number of nitriles is 2. The minimum atomic E-state index is -0.316. The molecule has 0 aliphatic rings. The van der Waals surface area contributed by atoms with Gasteiger partial charge >= 0.3 is 0 Å². The molecule has 0 heterocycles. The van der Waals surface area contributed by atoms with Crippen LogP contribution in [0.1, 0.15) is 140 Å². The molecule has 0 saturated heterocycles. The molecule has 256 valence electrons. The van der Waals surface area contributed by atoms with Crippen LogP contribution in [-0.4, -0.2) is 48.0 Å². The fraction of sp³-hybridized carbons (Fsp3) is 0.806. The summed E-state index contributed by atoms with van der Waals surface area (Å²) in [6.45, 7) is 21.5. The molecule has 0 aromatic rings. The Bertz CT molecular complexity index is 876. The molecular formula is C31H67N13. The summed E-state index contributed by atoms with van der Waals surface area (Å²) in [7, 11) is 0. The van der Waals surface area contributed by atoms with Crippen molar-refractivity contribution in [1.29, 1.82) is 10.5 Å². The van der Waals surface area contributed by atoms with E-state index in [0.717, 1.165) is 64.2 Å². The average molecular weight is 622 g/mol. The van der Waals surface area contributed by atoms with Crippen LogP contribution in [0.3, 0.4) is 0 Å². The van der Waals surface area contributed by atoms with E-state index in [9.17, 15) is 0 Å². The lowest BCUT2D eigenvalue weighted by atomic mass is 9.97. The summed E-state index contributed by atoms with van der Waals surface area (Å²) in [6, 6.07) is 0. The Morgan fingerprint density at radius 1 is 0.568 bits per heavy atom. The molecule has 13 heteroatoms. The van der Waals surface area contributed by atoms with Gasteiger partial charge in [0.1, 0.15) is 0 Å². The minimum Gasteiger partial charge on any atom is -0.370 e. The monoisotopic (exact) mass is 622 g/mol. The maximum absolute atomic E-state index is 8.58. The molecular weight excluding hydrogens is 554 g/mol. The number of guanidine groups is 4. The van der Waals surface area contributed by atoms with Crippen molar-refractivity contribution in [2.24, 2.45) is 42.9 Å². The standard InChI is InChI=1S/C24H47N13.C3H8.2C2H6/c1-23(2,36-21(29)34-18-26)13-9-6-8-12-16-32-20(28)35-22(30)37-24(3,4)14-10-5-7-11-15-31-19(27)33-17-25;1-3-2;2*1-2/h5-16H2,1-4H3,(H3,27,31,33)(H3,29,34,36)(H5,28,30,32,35,37);3H2,1-2H3;2*1-2H3. The van der Waals surface area contributed by atoms with Crippen LogP contribution in [0.5, 0.6) is 0 Å². The highest BCUT2D eigenvalue weighted by Crippen LogP contribution is 2.19. The molecule has 0 radical (unpaired) electrons. The van der Waals surface area contributed by atoms with E-state index in [1.54, 1.807) is 12.4 Å². The zero-order valence-corrected chi connectivity index (χ0v) is 29.7. The smallest absolute Gasteiger partial charge is 0.202 e. The second kappa shape index (κ2) is 32.2. The van der Waals surface area contributed by atoms with E-state index in [4.69, 9.17) is 33.5 Å². The lowest BCUT2D eigenvalue weighted by Crippen LogP contribution is -2.43. The number of rotatable bonds is 16. The maximum Gasteiger partial charge on any atom is 0.202 e. The predicted octanol–water partition coefficient (Wildman–Crippen LogP) is 4.90. The van der Waals surface area contributed by atoms with Gasteiger partial charge in [0.25, 0.3) is 0 Å². The molecule has 11 N–H and O–H groups in total. The normalized spacial score (nSPS) is 12.1. The van der Waals surface area contributed by atoms with Gasteiger partial charge in [-0.05, 0) is 53.4 Å². The van der Waals surface area contributed by atoms with E-state index in [1.807, 2.05) is 55.4 Å². The Morgan fingerprint density at radius 3 is 1.32 bits per heavy atom. The average Bonchev–Trinajstić information content (AvgIpc) is 2.94. The number of hydrogen-bond donors (Lipinski definition) is 7. The summed E-state index contributed by atoms with van der Waals surface area (Å²) in [5, 5.41) is 24.5. The Morgan fingerprint density at radius 2 is 0.909 bits per heavy atom. The van der Waals surface area contributed by atoms with Gasteiger partial charge in [-0.3, -0.25) is 25.9 Å². The number of nitrogens with zero attached hydrogens (tertiary/aromatic N) is 6. The molecule has 44 heavy (non-hydrogen) atoms. The third-order valence-electron chi connectivity index (χ3n) is 5.43. The van der Waals surface area contributed by atoms with Gasteiger partial charge in [-0.15, -0.1) is 0 Å². The first-order valence-corrected chi connectivity index (χ1v) is 16.2. The Labute approximate surface area is 269 Å². The van der Waals surface area contributed by atoms with Crippen LogP contribution in [0, 0.1) is 22.9 Å². The van der Waals surface area contributed by atoms with Gasteiger partial charge in [-0.25, -0.2) is 9.98 Å². The van der Waals surface area contributed by atoms with Gasteiger partial charge in [0, 0.05) is 13.1 Å². The first kappa shape index (κ1) is 47.2. The SMILES string of the molecule is CC.CC.CC(C)(CCCCCCN=C(N)NC(N)=NC(C)(C)CCCCCCN=C(N)NC#N)N=C(N)NC#N.CCC. The van der Waals surface area contributed by atoms with Gasteiger partial charge in [-0.1, -0.05) is 86.5 Å². The van der Waals surface area contributed by atoms with E-state index in [0.29, 0.717) is 13.1 Å². The topological polar surface area (TPSA) is 237 Å². The van der Waals surface area contributed by atoms with Crippen molar-refractivity contribution in [3.8, 4) is 12.4 Å². The summed E-state index contributed by atoms with van der Waals surface area (Å²) >= 11 is 0. The molecule has 0 atom stereocenters. The van der Waals surface area contributed by atoms with Gasteiger partial charge in [0.2, 0.25) is 11.9 Å². The summed E-state index contributed by atoms with van der Waals surface area (Å²) in [4.78, 5) is 17.3. The molecule has 0 aromatic heterocycles. The number of aliphatic imine (C=N–C) groups is 4. The Hall–Kier alpha value is -3.74. The predicted molar refractivity (Wildman–Crippen MR) is 190 cm³/mol. The molecule has 0 rings (SSSR count). The number of hydrogen-bond acceptors (Lipinski definition) is 6. The van der Waals surface area contributed by atoms with Crippen molar-refractivity contribution in [3.05, 3.63) is 0 Å². The fourth-order valence-electron chi connectivity index (χ4n) is 3.59. The van der Waals surface area contributed by atoms with E-state index in [1.165, 1.54) is 6.42 Å². The summed E-state index contributed by atoms with van der Waals surface area (Å²) in [5.74, 6) is 0.822. The molecule has 0 unspecified atom stereocenters. The largest absolute Gasteiger partial charge is 0.370 e. The lowest BCUT2D eigenvalue weighted by Gasteiger charge is -2.20. The zero-order valence-electron chi connectivity index (χ0n) is 29.7. The van der Waals surface area contributed by atoms with E-state index >= 15 is 0 Å². The summed E-state index contributed by atoms with van der Waals surface area (Å²) in [5.41, 5.74) is 22.5. The van der Waals surface area contributed by atoms with Gasteiger partial charge in [-0.2, -0.15) is 10.5 Å². The van der Waals surface area contributed by atoms with Gasteiger partial charge < -0.3 is 22.9 Å².